The fraction of sp³-hybridized carbons (Fsp3) is 0.120. The van der Waals surface area contributed by atoms with Crippen molar-refractivity contribution in [3.63, 3.8) is 0 Å². The number of benzene rings is 8. The first-order valence-corrected chi connectivity index (χ1v) is 18.1. The summed E-state index contributed by atoms with van der Waals surface area (Å²) >= 11 is 0. The summed E-state index contributed by atoms with van der Waals surface area (Å²) in [5.41, 5.74) is 18.3. The average Bonchev–Trinajstić information content (AvgIpc) is 3.53. The highest BCUT2D eigenvalue weighted by atomic mass is 16.5. The summed E-state index contributed by atoms with van der Waals surface area (Å²) in [6.07, 6.45) is 0. The van der Waals surface area contributed by atoms with Gasteiger partial charge < -0.3 is 4.74 Å². The molecular formula is C50H36O. The maximum atomic E-state index is 6.52. The zero-order valence-electron chi connectivity index (χ0n) is 29.3. The minimum Gasteiger partial charge on any atom is -0.456 e. The van der Waals surface area contributed by atoms with Crippen molar-refractivity contribution < 1.29 is 4.74 Å². The standard InChI is InChI=1S/C50H36O/c1-49(2)42-14-7-5-10-35(42)36-21-18-31(26-43(36)49)32-19-23-38-37-22-17-30(25-44(37)50(3,4)45(38)27-32)29-16-20-34-33(24-29)28-47-48-40(34)12-9-13-41(48)39-11-6-8-15-46(39)51-47/h5-28H,1-4H3. The molecule has 0 saturated carbocycles. The Kier molecular flexibility index (Phi) is 5.58. The molecule has 0 fully saturated rings. The molecule has 8 aromatic carbocycles. The van der Waals surface area contributed by atoms with Gasteiger partial charge in [0.15, 0.2) is 0 Å². The lowest BCUT2D eigenvalue weighted by atomic mass is 9.80. The van der Waals surface area contributed by atoms with Gasteiger partial charge in [-0.3, -0.25) is 0 Å². The van der Waals surface area contributed by atoms with Crippen LogP contribution in [0.25, 0.3) is 77.2 Å². The van der Waals surface area contributed by atoms with Crippen LogP contribution in [0.2, 0.25) is 0 Å². The van der Waals surface area contributed by atoms with Crippen molar-refractivity contribution in [3.05, 3.63) is 168 Å². The van der Waals surface area contributed by atoms with Crippen LogP contribution < -0.4 is 4.74 Å². The van der Waals surface area contributed by atoms with Crippen molar-refractivity contribution in [3.8, 4) is 67.1 Å². The second-order valence-corrected chi connectivity index (χ2v) is 15.7. The van der Waals surface area contributed by atoms with E-state index in [-0.39, 0.29) is 10.8 Å². The summed E-state index contributed by atoms with van der Waals surface area (Å²) < 4.78 is 6.52. The third-order valence-corrected chi connectivity index (χ3v) is 12.3. The lowest BCUT2D eigenvalue weighted by Gasteiger charge is -2.24. The Morgan fingerprint density at radius 1 is 0.353 bits per heavy atom. The topological polar surface area (TPSA) is 9.23 Å². The minimum absolute atomic E-state index is 0.0150. The molecule has 0 radical (unpaired) electrons. The second-order valence-electron chi connectivity index (χ2n) is 15.7. The first kappa shape index (κ1) is 28.9. The molecule has 2 aliphatic carbocycles. The lowest BCUT2D eigenvalue weighted by molar-refractivity contribution is 0.487. The third-order valence-electron chi connectivity index (χ3n) is 12.3. The van der Waals surface area contributed by atoms with Crippen LogP contribution in [0.5, 0.6) is 11.5 Å². The van der Waals surface area contributed by atoms with Crippen molar-refractivity contribution in [2.45, 2.75) is 38.5 Å². The van der Waals surface area contributed by atoms with Crippen molar-refractivity contribution in [1.82, 2.24) is 0 Å². The van der Waals surface area contributed by atoms with Crippen LogP contribution >= 0.6 is 0 Å². The van der Waals surface area contributed by atoms with Crippen LogP contribution in [-0.2, 0) is 10.8 Å². The minimum atomic E-state index is -0.127. The van der Waals surface area contributed by atoms with E-state index in [1.165, 1.54) is 93.9 Å². The molecule has 0 N–H and O–H groups in total. The van der Waals surface area contributed by atoms with E-state index in [1.807, 2.05) is 6.07 Å². The maximum Gasteiger partial charge on any atom is 0.136 e. The van der Waals surface area contributed by atoms with Crippen molar-refractivity contribution in [1.29, 1.82) is 0 Å². The van der Waals surface area contributed by atoms with Crippen LogP contribution in [0.1, 0.15) is 49.9 Å². The number of rotatable bonds is 2. The molecule has 242 valence electrons. The molecule has 11 rings (SSSR count). The van der Waals surface area contributed by atoms with Crippen LogP contribution in [-0.4, -0.2) is 0 Å². The van der Waals surface area contributed by atoms with Gasteiger partial charge in [-0.15, -0.1) is 0 Å². The van der Waals surface area contributed by atoms with E-state index in [0.29, 0.717) is 0 Å². The Morgan fingerprint density at radius 2 is 0.863 bits per heavy atom. The summed E-state index contributed by atoms with van der Waals surface area (Å²) in [5.74, 6) is 1.85. The third kappa shape index (κ3) is 3.87. The van der Waals surface area contributed by atoms with Gasteiger partial charge in [-0.25, -0.2) is 0 Å². The lowest BCUT2D eigenvalue weighted by Crippen LogP contribution is -2.15. The highest BCUT2D eigenvalue weighted by molar-refractivity contribution is 6.17. The number of hydrogen-bond acceptors (Lipinski definition) is 1. The molecular weight excluding hydrogens is 617 g/mol. The van der Waals surface area contributed by atoms with E-state index >= 15 is 0 Å². The quantitative estimate of drug-likeness (QED) is 0.169. The highest BCUT2D eigenvalue weighted by Crippen LogP contribution is 2.53. The smallest absolute Gasteiger partial charge is 0.136 e. The number of fused-ring (bicyclic) bond motifs is 10. The van der Waals surface area contributed by atoms with E-state index in [9.17, 15) is 0 Å². The van der Waals surface area contributed by atoms with E-state index in [1.54, 1.807) is 0 Å². The van der Waals surface area contributed by atoms with Crippen molar-refractivity contribution in [2.24, 2.45) is 0 Å². The van der Waals surface area contributed by atoms with Gasteiger partial charge in [0.2, 0.25) is 0 Å². The Labute approximate surface area is 298 Å². The van der Waals surface area contributed by atoms with Gasteiger partial charge in [-0.05, 0) is 125 Å². The molecule has 0 amide bonds. The highest BCUT2D eigenvalue weighted by Gasteiger charge is 2.37. The molecule has 0 aromatic heterocycles. The van der Waals surface area contributed by atoms with Gasteiger partial charge >= 0.3 is 0 Å². The Balaban J connectivity index is 0.978. The van der Waals surface area contributed by atoms with Crippen molar-refractivity contribution >= 4 is 21.5 Å². The van der Waals surface area contributed by atoms with Gasteiger partial charge in [0.05, 0.1) is 0 Å². The van der Waals surface area contributed by atoms with E-state index in [2.05, 4.69) is 167 Å². The predicted octanol–water partition coefficient (Wildman–Crippen LogP) is 13.7. The van der Waals surface area contributed by atoms with Gasteiger partial charge in [0.25, 0.3) is 0 Å². The Morgan fingerprint density at radius 3 is 1.53 bits per heavy atom. The van der Waals surface area contributed by atoms with Crippen LogP contribution in [0.4, 0.5) is 0 Å². The first-order chi connectivity index (χ1) is 24.8. The predicted molar refractivity (Wildman–Crippen MR) is 213 cm³/mol. The van der Waals surface area contributed by atoms with Gasteiger partial charge in [-0.1, -0.05) is 137 Å². The van der Waals surface area contributed by atoms with Gasteiger partial charge in [0, 0.05) is 21.8 Å². The molecule has 1 nitrogen and oxygen atoms in total. The van der Waals surface area contributed by atoms with E-state index in [0.717, 1.165) is 17.1 Å². The zero-order chi connectivity index (χ0) is 34.2. The number of hydrogen-bond donors (Lipinski definition) is 0. The molecule has 1 heteroatoms. The molecule has 0 atom stereocenters. The molecule has 0 spiro atoms. The van der Waals surface area contributed by atoms with Crippen molar-refractivity contribution in [2.75, 3.05) is 0 Å². The van der Waals surface area contributed by atoms with E-state index < -0.39 is 0 Å². The number of ether oxygens (including phenoxy) is 1. The zero-order valence-corrected chi connectivity index (χ0v) is 29.3. The molecule has 0 saturated heterocycles. The fourth-order valence-corrected chi connectivity index (χ4v) is 9.54. The largest absolute Gasteiger partial charge is 0.456 e. The van der Waals surface area contributed by atoms with E-state index in [4.69, 9.17) is 4.74 Å². The van der Waals surface area contributed by atoms with Gasteiger partial charge in [-0.2, -0.15) is 0 Å². The summed E-state index contributed by atoms with van der Waals surface area (Å²) in [6.45, 7) is 9.49. The average molecular weight is 653 g/mol. The molecule has 51 heavy (non-hydrogen) atoms. The second kappa shape index (κ2) is 9.86. The maximum absolute atomic E-state index is 6.52. The Hall–Kier alpha value is -5.92. The fourth-order valence-electron chi connectivity index (χ4n) is 9.54. The molecule has 0 unspecified atom stereocenters. The molecule has 8 aromatic rings. The first-order valence-electron chi connectivity index (χ1n) is 18.1. The van der Waals surface area contributed by atoms with Crippen LogP contribution in [0, 0.1) is 0 Å². The monoisotopic (exact) mass is 652 g/mol. The number of para-hydroxylation sites is 1. The normalized spacial score (nSPS) is 15.1. The Bertz CT molecular complexity index is 2830. The summed E-state index contributed by atoms with van der Waals surface area (Å²) in [4.78, 5) is 0. The molecule has 3 aliphatic rings. The molecule has 0 bridgehead atoms. The summed E-state index contributed by atoms with van der Waals surface area (Å²) in [7, 11) is 0. The summed E-state index contributed by atoms with van der Waals surface area (Å²) in [5, 5.41) is 4.88. The van der Waals surface area contributed by atoms with Crippen LogP contribution in [0.3, 0.4) is 0 Å². The van der Waals surface area contributed by atoms with Gasteiger partial charge in [0.1, 0.15) is 11.5 Å². The molecule has 1 heterocycles. The SMILES string of the molecule is CC1(C)c2ccccc2-c2ccc(-c3ccc4c(c3)C(C)(C)c3cc(-c5ccc6c(c5)cc5c7c(cccc76)-c6ccccc6O5)ccc3-4)cc21. The van der Waals surface area contributed by atoms with Crippen LogP contribution in [0.15, 0.2) is 146 Å². The molecule has 1 aliphatic heterocycles. The summed E-state index contributed by atoms with van der Waals surface area (Å²) in [6, 6.07) is 54.3.